The summed E-state index contributed by atoms with van der Waals surface area (Å²) in [6.07, 6.45) is 7.95. The molecule has 2 aromatic rings. The van der Waals surface area contributed by atoms with E-state index < -0.39 is 6.10 Å². The van der Waals surface area contributed by atoms with Crippen LogP contribution in [0.5, 0.6) is 5.75 Å². The smallest absolute Gasteiger partial charge is 0.265 e. The van der Waals surface area contributed by atoms with Crippen molar-refractivity contribution in [2.24, 2.45) is 17.8 Å². The van der Waals surface area contributed by atoms with E-state index in [1.807, 2.05) is 31.2 Å². The molecule has 4 aliphatic rings. The second-order valence-electron chi connectivity index (χ2n) is 9.84. The quantitative estimate of drug-likeness (QED) is 0.694. The highest BCUT2D eigenvalue weighted by molar-refractivity contribution is 5.94. The van der Waals surface area contributed by atoms with Crippen LogP contribution in [-0.4, -0.2) is 12.0 Å². The summed E-state index contributed by atoms with van der Waals surface area (Å²) >= 11 is 0. The number of carbonyl (C=O) groups excluding carboxylic acids is 1. The third kappa shape index (κ3) is 3.68. The van der Waals surface area contributed by atoms with Crippen molar-refractivity contribution in [3.63, 3.8) is 0 Å². The van der Waals surface area contributed by atoms with E-state index in [4.69, 9.17) is 4.74 Å². The zero-order chi connectivity index (χ0) is 20.0. The van der Waals surface area contributed by atoms with Crippen LogP contribution in [0, 0.1) is 24.7 Å². The molecule has 4 fully saturated rings. The topological polar surface area (TPSA) is 38.3 Å². The van der Waals surface area contributed by atoms with Crippen LogP contribution in [-0.2, 0) is 10.2 Å². The molecule has 1 amide bonds. The summed E-state index contributed by atoms with van der Waals surface area (Å²) in [6, 6.07) is 16.5. The normalized spacial score (nSPS) is 30.8. The fraction of sp³-hybridized carbons (Fsp3) is 0.500. The average Bonchev–Trinajstić information content (AvgIpc) is 2.67. The Morgan fingerprint density at radius 1 is 1.00 bits per heavy atom. The van der Waals surface area contributed by atoms with Crippen LogP contribution < -0.4 is 10.1 Å². The second-order valence-corrected chi connectivity index (χ2v) is 9.84. The lowest BCUT2D eigenvalue weighted by Crippen LogP contribution is -2.48. The van der Waals surface area contributed by atoms with Crippen molar-refractivity contribution >= 4 is 11.6 Å². The number of hydrogen-bond acceptors (Lipinski definition) is 2. The molecule has 4 saturated carbocycles. The van der Waals surface area contributed by atoms with Crippen LogP contribution >= 0.6 is 0 Å². The Labute approximate surface area is 173 Å². The van der Waals surface area contributed by atoms with Crippen molar-refractivity contribution in [2.45, 2.75) is 63.9 Å². The van der Waals surface area contributed by atoms with Crippen molar-refractivity contribution in [3.8, 4) is 5.75 Å². The van der Waals surface area contributed by atoms with Crippen molar-refractivity contribution < 1.29 is 9.53 Å². The molecule has 0 saturated heterocycles. The first-order valence-corrected chi connectivity index (χ1v) is 11.1. The molecule has 3 nitrogen and oxygen atoms in total. The monoisotopic (exact) mass is 389 g/mol. The Hall–Kier alpha value is -2.29. The van der Waals surface area contributed by atoms with Gasteiger partial charge >= 0.3 is 0 Å². The van der Waals surface area contributed by atoms with Crippen molar-refractivity contribution in [1.82, 2.24) is 0 Å². The van der Waals surface area contributed by atoms with Gasteiger partial charge in [0.05, 0.1) is 0 Å². The largest absolute Gasteiger partial charge is 0.481 e. The number of hydrogen-bond donors (Lipinski definition) is 1. The van der Waals surface area contributed by atoms with Gasteiger partial charge in [-0.15, -0.1) is 0 Å². The molecule has 152 valence electrons. The van der Waals surface area contributed by atoms with E-state index in [-0.39, 0.29) is 5.91 Å². The van der Waals surface area contributed by atoms with Gasteiger partial charge in [0, 0.05) is 5.69 Å². The van der Waals surface area contributed by atoms with E-state index in [0.717, 1.165) is 34.8 Å². The molecule has 0 heterocycles. The van der Waals surface area contributed by atoms with E-state index in [1.165, 1.54) is 44.1 Å². The maximum atomic E-state index is 12.6. The number of amides is 1. The summed E-state index contributed by atoms with van der Waals surface area (Å²) in [6.45, 7) is 3.81. The molecule has 4 bridgehead atoms. The lowest BCUT2D eigenvalue weighted by atomic mass is 9.48. The molecule has 6 rings (SSSR count). The first-order chi connectivity index (χ1) is 14.0. The van der Waals surface area contributed by atoms with Gasteiger partial charge in [-0.25, -0.2) is 0 Å². The maximum Gasteiger partial charge on any atom is 0.265 e. The molecule has 0 aliphatic heterocycles. The highest BCUT2D eigenvalue weighted by atomic mass is 16.5. The summed E-state index contributed by atoms with van der Waals surface area (Å²) in [5.74, 6) is 3.44. The van der Waals surface area contributed by atoms with E-state index >= 15 is 0 Å². The number of rotatable bonds is 5. The fourth-order valence-corrected chi connectivity index (χ4v) is 6.56. The van der Waals surface area contributed by atoms with Crippen LogP contribution in [0.4, 0.5) is 5.69 Å². The minimum atomic E-state index is -0.542. The van der Waals surface area contributed by atoms with Gasteiger partial charge in [-0.1, -0.05) is 24.3 Å². The minimum absolute atomic E-state index is 0.117. The molecule has 3 heteroatoms. The van der Waals surface area contributed by atoms with Gasteiger partial charge in [0.1, 0.15) is 5.75 Å². The molecule has 2 aromatic carbocycles. The first kappa shape index (κ1) is 18.7. The van der Waals surface area contributed by atoms with Crippen LogP contribution in [0.3, 0.4) is 0 Å². The van der Waals surface area contributed by atoms with Gasteiger partial charge in [0.15, 0.2) is 6.10 Å². The van der Waals surface area contributed by atoms with Crippen molar-refractivity contribution in [1.29, 1.82) is 0 Å². The Kier molecular flexibility index (Phi) is 4.64. The summed E-state index contributed by atoms with van der Waals surface area (Å²) in [5.41, 5.74) is 3.86. The number of anilines is 1. The van der Waals surface area contributed by atoms with Gasteiger partial charge in [-0.3, -0.25) is 4.79 Å². The summed E-state index contributed by atoms with van der Waals surface area (Å²) < 4.78 is 5.81. The maximum absolute atomic E-state index is 12.6. The number of nitrogens with one attached hydrogen (secondary N) is 1. The zero-order valence-electron chi connectivity index (χ0n) is 17.5. The minimum Gasteiger partial charge on any atom is -0.481 e. The Morgan fingerprint density at radius 3 is 2.21 bits per heavy atom. The first-order valence-electron chi connectivity index (χ1n) is 11.1. The standard InChI is InChI=1S/C26H31NO2/c1-17-4-3-5-24(10-17)29-18(2)25(28)27-23-8-6-22(7-9-23)26-14-19-11-20(15-26)13-21(12-19)16-26/h3-10,18-21H,11-16H2,1-2H3,(H,27,28). The lowest BCUT2D eigenvalue weighted by Gasteiger charge is -2.57. The van der Waals surface area contributed by atoms with Gasteiger partial charge in [0.25, 0.3) is 5.91 Å². The molecule has 29 heavy (non-hydrogen) atoms. The van der Waals surface area contributed by atoms with Gasteiger partial charge in [0.2, 0.25) is 0 Å². The van der Waals surface area contributed by atoms with Gasteiger partial charge < -0.3 is 10.1 Å². The second kappa shape index (κ2) is 7.19. The number of carbonyl (C=O) groups is 1. The Bertz CT molecular complexity index is 866. The summed E-state index contributed by atoms with van der Waals surface area (Å²) in [5, 5.41) is 3.01. The van der Waals surface area contributed by atoms with Crippen LogP contribution in [0.2, 0.25) is 0 Å². The van der Waals surface area contributed by atoms with Gasteiger partial charge in [-0.2, -0.15) is 0 Å². The zero-order valence-corrected chi connectivity index (χ0v) is 17.5. The van der Waals surface area contributed by atoms with Crippen molar-refractivity contribution in [3.05, 3.63) is 59.7 Å². The molecule has 0 aromatic heterocycles. The predicted octanol–water partition coefficient (Wildman–Crippen LogP) is 5.87. The van der Waals surface area contributed by atoms with E-state index in [2.05, 4.69) is 29.6 Å². The Balaban J connectivity index is 1.24. The number of ether oxygens (including phenoxy) is 1. The molecule has 1 N–H and O–H groups in total. The molecule has 1 atom stereocenters. The molecule has 0 radical (unpaired) electrons. The van der Waals surface area contributed by atoms with E-state index in [9.17, 15) is 4.79 Å². The van der Waals surface area contributed by atoms with Gasteiger partial charge in [-0.05, 0) is 111 Å². The van der Waals surface area contributed by atoms with Crippen LogP contribution in [0.15, 0.2) is 48.5 Å². The Morgan fingerprint density at radius 2 is 1.62 bits per heavy atom. The number of benzene rings is 2. The van der Waals surface area contributed by atoms with Crippen LogP contribution in [0.1, 0.15) is 56.6 Å². The highest BCUT2D eigenvalue weighted by Gasteiger charge is 2.51. The fourth-order valence-electron chi connectivity index (χ4n) is 6.56. The van der Waals surface area contributed by atoms with E-state index in [0.29, 0.717) is 5.41 Å². The third-order valence-corrected chi connectivity index (χ3v) is 7.47. The highest BCUT2D eigenvalue weighted by Crippen LogP contribution is 2.60. The number of aryl methyl sites for hydroxylation is 1. The lowest BCUT2D eigenvalue weighted by molar-refractivity contribution is -0.122. The third-order valence-electron chi connectivity index (χ3n) is 7.47. The van der Waals surface area contributed by atoms with E-state index in [1.54, 1.807) is 6.92 Å². The predicted molar refractivity (Wildman–Crippen MR) is 116 cm³/mol. The summed E-state index contributed by atoms with van der Waals surface area (Å²) in [4.78, 5) is 12.6. The van der Waals surface area contributed by atoms with Crippen LogP contribution in [0.25, 0.3) is 0 Å². The molecule has 4 aliphatic carbocycles. The van der Waals surface area contributed by atoms with Crippen molar-refractivity contribution in [2.75, 3.05) is 5.32 Å². The molecular formula is C26H31NO2. The molecular weight excluding hydrogens is 358 g/mol. The summed E-state index contributed by atoms with van der Waals surface area (Å²) in [7, 11) is 0. The average molecular weight is 390 g/mol. The molecule has 0 spiro atoms. The molecule has 1 unspecified atom stereocenters. The SMILES string of the molecule is Cc1cccc(OC(C)C(=O)Nc2ccc(C34CC5CC(CC(C5)C3)C4)cc2)c1.